The second-order valence-corrected chi connectivity index (χ2v) is 3.94. The minimum atomic E-state index is -4.56. The van der Waals surface area contributed by atoms with Crippen LogP contribution in [0.2, 0.25) is 0 Å². The molecular weight excluding hydrogens is 251 g/mol. The van der Waals surface area contributed by atoms with Crippen LogP contribution in [0.5, 0.6) is 0 Å². The topological polar surface area (TPSA) is 58.4 Å². The Kier molecular flexibility index (Phi) is 2.60. The van der Waals surface area contributed by atoms with Crippen LogP contribution in [0.1, 0.15) is 30.2 Å². The molecule has 1 amide bonds. The summed E-state index contributed by atoms with van der Waals surface area (Å²) in [6.45, 7) is 1.49. The van der Waals surface area contributed by atoms with E-state index in [2.05, 4.69) is 4.98 Å². The van der Waals surface area contributed by atoms with Crippen molar-refractivity contribution in [2.75, 3.05) is 0 Å². The third kappa shape index (κ3) is 1.73. The summed E-state index contributed by atoms with van der Waals surface area (Å²) in [7, 11) is 1.25. The molecule has 0 aromatic carbocycles. The summed E-state index contributed by atoms with van der Waals surface area (Å²) in [5.74, 6) is -1.03. The van der Waals surface area contributed by atoms with Crippen molar-refractivity contribution in [1.29, 1.82) is 0 Å². The highest BCUT2D eigenvalue weighted by Gasteiger charge is 2.39. The molecule has 0 aliphatic carbocycles. The molecule has 8 heteroatoms. The average Bonchev–Trinajstić information content (AvgIpc) is 2.57. The number of hydrogen-bond acceptors (Lipinski definition) is 2. The number of hydrogen-bond donors (Lipinski definition) is 1. The van der Waals surface area contributed by atoms with E-state index in [-0.39, 0.29) is 11.4 Å². The number of rotatable bonds is 0. The number of carbonyl (C=O) groups is 1. The normalized spacial score (nSPS) is 18.9. The Hall–Kier alpha value is -1.99. The number of carboxylic acid groups (broad SMARTS) is 1. The van der Waals surface area contributed by atoms with E-state index in [0.29, 0.717) is 0 Å². The first kappa shape index (κ1) is 12.5. The smallest absolute Gasteiger partial charge is 0.449 e. The maximum atomic E-state index is 12.7. The van der Waals surface area contributed by atoms with Gasteiger partial charge in [-0.15, -0.1) is 0 Å². The summed E-state index contributed by atoms with van der Waals surface area (Å²) in [5.41, 5.74) is 0.377. The van der Waals surface area contributed by atoms with Gasteiger partial charge in [0.05, 0.1) is 17.4 Å². The Morgan fingerprint density at radius 3 is 2.61 bits per heavy atom. The zero-order valence-electron chi connectivity index (χ0n) is 9.56. The number of nitrogens with zero attached hydrogens (tertiary/aromatic N) is 3. The van der Waals surface area contributed by atoms with Crippen LogP contribution in [-0.4, -0.2) is 25.7 Å². The second kappa shape index (κ2) is 3.76. The van der Waals surface area contributed by atoms with Crippen molar-refractivity contribution in [3.8, 4) is 0 Å². The molecule has 5 nitrogen and oxygen atoms in total. The van der Waals surface area contributed by atoms with Crippen molar-refractivity contribution >= 4 is 12.2 Å². The molecule has 0 saturated heterocycles. The molecule has 2 heterocycles. The van der Waals surface area contributed by atoms with E-state index in [1.165, 1.54) is 26.2 Å². The summed E-state index contributed by atoms with van der Waals surface area (Å²) in [5, 5.41) is 8.89. The fraction of sp³-hybridized carbons (Fsp3) is 0.400. The van der Waals surface area contributed by atoms with Crippen molar-refractivity contribution < 1.29 is 23.1 Å². The first-order valence-corrected chi connectivity index (χ1v) is 5.06. The minimum absolute atomic E-state index is 0.106. The molecule has 0 radical (unpaired) electrons. The van der Waals surface area contributed by atoms with Gasteiger partial charge in [0.2, 0.25) is 5.82 Å². The molecule has 18 heavy (non-hydrogen) atoms. The Bertz CT molecular complexity index is 533. The van der Waals surface area contributed by atoms with Crippen molar-refractivity contribution in [2.45, 2.75) is 19.1 Å². The van der Waals surface area contributed by atoms with Crippen molar-refractivity contribution in [1.82, 2.24) is 14.5 Å². The van der Waals surface area contributed by atoms with E-state index in [1.54, 1.807) is 0 Å². The second-order valence-electron chi connectivity index (χ2n) is 3.94. The van der Waals surface area contributed by atoms with Crippen LogP contribution in [0.4, 0.5) is 18.0 Å². The first-order chi connectivity index (χ1) is 8.23. The monoisotopic (exact) mass is 261 g/mol. The lowest BCUT2D eigenvalue weighted by Crippen LogP contribution is -2.29. The molecule has 1 N–H and O–H groups in total. The lowest BCUT2D eigenvalue weighted by atomic mass is 10.1. The van der Waals surface area contributed by atoms with E-state index in [9.17, 15) is 18.0 Å². The standard InChI is InChI=1S/C10H10F3N3O2/c1-5-7-6(3-4-16(5)9(17)18)15(2)8(14-7)10(11,12)13/h3-5H,1-2H3,(H,17,18). The van der Waals surface area contributed by atoms with Crippen LogP contribution in [0.3, 0.4) is 0 Å². The predicted molar refractivity (Wildman–Crippen MR) is 55.5 cm³/mol. The number of imidazole rings is 1. The molecule has 0 fully saturated rings. The Balaban J connectivity index is 2.54. The molecule has 0 spiro atoms. The molecule has 1 unspecified atom stereocenters. The fourth-order valence-electron chi connectivity index (χ4n) is 1.93. The van der Waals surface area contributed by atoms with E-state index < -0.39 is 24.1 Å². The quantitative estimate of drug-likeness (QED) is 0.780. The molecule has 1 aliphatic rings. The summed E-state index contributed by atoms with van der Waals surface area (Å²) >= 11 is 0. The predicted octanol–water partition coefficient (Wildman–Crippen LogP) is 2.46. The molecule has 98 valence electrons. The lowest BCUT2D eigenvalue weighted by Gasteiger charge is -2.25. The zero-order valence-corrected chi connectivity index (χ0v) is 9.56. The van der Waals surface area contributed by atoms with E-state index in [1.807, 2.05) is 0 Å². The summed E-state index contributed by atoms with van der Waals surface area (Å²) < 4.78 is 39.0. The highest BCUT2D eigenvalue weighted by atomic mass is 19.4. The molecule has 0 saturated carbocycles. The van der Waals surface area contributed by atoms with Crippen molar-refractivity contribution in [2.24, 2.45) is 7.05 Å². The fourth-order valence-corrected chi connectivity index (χ4v) is 1.93. The number of amides is 1. The molecule has 1 atom stereocenters. The number of aromatic nitrogens is 2. The van der Waals surface area contributed by atoms with Crippen LogP contribution in [0.15, 0.2) is 6.20 Å². The van der Waals surface area contributed by atoms with Gasteiger partial charge in [-0.25, -0.2) is 9.78 Å². The molecule has 0 bridgehead atoms. The summed E-state index contributed by atoms with van der Waals surface area (Å²) in [6, 6.07) is -0.746. The van der Waals surface area contributed by atoms with Gasteiger partial charge in [0.1, 0.15) is 0 Å². The van der Waals surface area contributed by atoms with Gasteiger partial charge in [0.15, 0.2) is 0 Å². The molecule has 1 aromatic rings. The van der Waals surface area contributed by atoms with E-state index in [4.69, 9.17) is 5.11 Å². The lowest BCUT2D eigenvalue weighted by molar-refractivity contribution is -0.146. The highest BCUT2D eigenvalue weighted by molar-refractivity contribution is 5.70. The van der Waals surface area contributed by atoms with E-state index >= 15 is 0 Å². The van der Waals surface area contributed by atoms with Gasteiger partial charge in [0, 0.05) is 13.2 Å². The molecule has 1 aromatic heterocycles. The van der Waals surface area contributed by atoms with Gasteiger partial charge >= 0.3 is 12.3 Å². The molecular formula is C10H10F3N3O2. The maximum absolute atomic E-state index is 12.7. The number of alkyl halides is 3. The average molecular weight is 261 g/mol. The SMILES string of the molecule is CC1c2nc(C(F)(F)F)n(C)c2C=CN1C(=O)O. The largest absolute Gasteiger partial charge is 0.465 e. The third-order valence-electron chi connectivity index (χ3n) is 2.85. The maximum Gasteiger partial charge on any atom is 0.449 e. The van der Waals surface area contributed by atoms with Gasteiger partial charge in [-0.2, -0.15) is 13.2 Å². The van der Waals surface area contributed by atoms with Crippen LogP contribution in [0, 0.1) is 0 Å². The van der Waals surface area contributed by atoms with Gasteiger partial charge in [-0.05, 0) is 13.0 Å². The minimum Gasteiger partial charge on any atom is -0.465 e. The Morgan fingerprint density at radius 2 is 2.11 bits per heavy atom. The van der Waals surface area contributed by atoms with Gasteiger partial charge in [-0.3, -0.25) is 4.90 Å². The van der Waals surface area contributed by atoms with Crippen molar-refractivity contribution in [3.63, 3.8) is 0 Å². The van der Waals surface area contributed by atoms with Crippen LogP contribution >= 0.6 is 0 Å². The van der Waals surface area contributed by atoms with Gasteiger partial charge in [-0.1, -0.05) is 0 Å². The first-order valence-electron chi connectivity index (χ1n) is 5.06. The molecule has 1 aliphatic heterocycles. The van der Waals surface area contributed by atoms with E-state index in [0.717, 1.165) is 9.47 Å². The summed E-state index contributed by atoms with van der Waals surface area (Å²) in [6.07, 6.45) is -3.25. The summed E-state index contributed by atoms with van der Waals surface area (Å²) in [4.78, 5) is 15.3. The Morgan fingerprint density at radius 1 is 1.50 bits per heavy atom. The van der Waals surface area contributed by atoms with Crippen LogP contribution in [0.25, 0.3) is 6.08 Å². The highest BCUT2D eigenvalue weighted by Crippen LogP contribution is 2.35. The molecule has 2 rings (SSSR count). The number of fused-ring (bicyclic) bond motifs is 1. The van der Waals surface area contributed by atoms with Crippen LogP contribution in [-0.2, 0) is 13.2 Å². The van der Waals surface area contributed by atoms with Crippen molar-refractivity contribution in [3.05, 3.63) is 23.4 Å². The van der Waals surface area contributed by atoms with Gasteiger partial charge in [0.25, 0.3) is 0 Å². The van der Waals surface area contributed by atoms with Gasteiger partial charge < -0.3 is 9.67 Å². The Labute approximate surface area is 100 Å². The third-order valence-corrected chi connectivity index (χ3v) is 2.85. The zero-order chi connectivity index (χ0) is 13.7. The van der Waals surface area contributed by atoms with Crippen LogP contribution < -0.4 is 0 Å². The number of halogens is 3.